The van der Waals surface area contributed by atoms with E-state index in [9.17, 15) is 9.59 Å². The molecule has 8 nitrogen and oxygen atoms in total. The fraction of sp³-hybridized carbons (Fsp3) is 0.333. The van der Waals surface area contributed by atoms with Crippen LogP contribution < -0.4 is 15.7 Å². The number of amides is 1. The summed E-state index contributed by atoms with van der Waals surface area (Å²) in [7, 11) is 0. The lowest BCUT2D eigenvalue weighted by Gasteiger charge is -2.09. The topological polar surface area (TPSA) is 90.5 Å². The van der Waals surface area contributed by atoms with E-state index >= 15 is 0 Å². The van der Waals surface area contributed by atoms with Gasteiger partial charge in [0.1, 0.15) is 23.5 Å². The number of carbonyl (C=O) groups excluding carboxylic acids is 1. The van der Waals surface area contributed by atoms with Gasteiger partial charge in [0, 0.05) is 10.6 Å². The summed E-state index contributed by atoms with van der Waals surface area (Å²) in [5.41, 5.74) is 2.11. The third-order valence-corrected chi connectivity index (χ3v) is 6.48. The predicted octanol–water partition coefficient (Wildman–Crippen LogP) is 3.02. The van der Waals surface area contributed by atoms with Gasteiger partial charge in [0.05, 0.1) is 12.0 Å². The quantitative estimate of drug-likeness (QED) is 0.533. The van der Waals surface area contributed by atoms with Gasteiger partial charge in [-0.1, -0.05) is 0 Å². The monoisotopic (exact) mass is 423 g/mol. The minimum Gasteiger partial charge on any atom is -0.494 e. The Morgan fingerprint density at radius 3 is 2.83 bits per heavy atom. The van der Waals surface area contributed by atoms with Crippen molar-refractivity contribution >= 4 is 38.8 Å². The van der Waals surface area contributed by atoms with Crippen LogP contribution in [0.1, 0.15) is 30.2 Å². The summed E-state index contributed by atoms with van der Waals surface area (Å²) in [4.78, 5) is 32.0. The molecular weight excluding hydrogens is 402 g/mol. The number of aryl methyl sites for hydroxylation is 2. The van der Waals surface area contributed by atoms with Gasteiger partial charge in [0.15, 0.2) is 5.65 Å². The molecule has 0 fully saturated rings. The number of aromatic nitrogens is 4. The van der Waals surface area contributed by atoms with E-state index in [2.05, 4.69) is 15.4 Å². The molecule has 0 bridgehead atoms. The van der Waals surface area contributed by atoms with Crippen molar-refractivity contribution in [2.24, 2.45) is 0 Å². The second-order valence-electron chi connectivity index (χ2n) is 7.28. The van der Waals surface area contributed by atoms with E-state index in [0.717, 1.165) is 35.2 Å². The maximum absolute atomic E-state index is 12.8. The lowest BCUT2D eigenvalue weighted by atomic mass is 9.97. The normalized spacial score (nSPS) is 13.5. The van der Waals surface area contributed by atoms with E-state index in [4.69, 9.17) is 4.74 Å². The number of hydrogen-bond acceptors (Lipinski definition) is 6. The maximum atomic E-state index is 12.8. The van der Waals surface area contributed by atoms with Gasteiger partial charge in [-0.05, 0) is 62.4 Å². The van der Waals surface area contributed by atoms with Gasteiger partial charge < -0.3 is 10.1 Å². The van der Waals surface area contributed by atoms with E-state index in [1.807, 2.05) is 6.92 Å². The Hall–Kier alpha value is -3.20. The molecule has 0 unspecified atom stereocenters. The Bertz CT molecular complexity index is 1300. The highest BCUT2D eigenvalue weighted by Gasteiger charge is 2.22. The first kappa shape index (κ1) is 18.8. The molecule has 5 rings (SSSR count). The molecule has 0 radical (unpaired) electrons. The number of carbonyl (C=O) groups is 1. The fourth-order valence-electron chi connectivity index (χ4n) is 3.92. The number of rotatable bonds is 5. The largest absolute Gasteiger partial charge is 0.494 e. The van der Waals surface area contributed by atoms with Crippen LogP contribution in [0.15, 0.2) is 35.4 Å². The zero-order valence-electron chi connectivity index (χ0n) is 16.6. The standard InChI is InChI=1S/C21H21N5O3S/c1-2-29-14-9-7-13(8-10-14)23-17(27)11-26-21(28)25-12-22-20-18(19(25)24-26)15-5-3-4-6-16(15)30-20/h7-10,12H,2-6,11H2,1H3,(H,23,27). The first-order valence-electron chi connectivity index (χ1n) is 10.0. The summed E-state index contributed by atoms with van der Waals surface area (Å²) in [6.07, 6.45) is 5.86. The molecule has 0 aliphatic heterocycles. The van der Waals surface area contributed by atoms with Gasteiger partial charge in [0.25, 0.3) is 0 Å². The molecule has 1 aliphatic carbocycles. The van der Waals surface area contributed by atoms with Crippen molar-refractivity contribution in [2.45, 2.75) is 39.2 Å². The van der Waals surface area contributed by atoms with E-state index < -0.39 is 0 Å². The first-order valence-corrected chi connectivity index (χ1v) is 10.9. The second kappa shape index (κ2) is 7.56. The van der Waals surface area contributed by atoms with Crippen LogP contribution in [0.5, 0.6) is 5.75 Å². The fourth-order valence-corrected chi connectivity index (χ4v) is 5.14. The van der Waals surface area contributed by atoms with Crippen LogP contribution in [-0.4, -0.2) is 31.7 Å². The SMILES string of the molecule is CCOc1ccc(NC(=O)Cn2nc3c4c5c(sc4ncn3c2=O)CCCC5)cc1. The van der Waals surface area contributed by atoms with Crippen LogP contribution >= 0.6 is 11.3 Å². The Kier molecular flexibility index (Phi) is 4.74. The van der Waals surface area contributed by atoms with Crippen LogP contribution in [0.4, 0.5) is 5.69 Å². The molecular formula is C21H21N5O3S. The molecule has 1 aliphatic rings. The number of hydrogen-bond donors (Lipinski definition) is 1. The van der Waals surface area contributed by atoms with Crippen molar-refractivity contribution in [1.29, 1.82) is 0 Å². The zero-order valence-corrected chi connectivity index (χ0v) is 17.4. The van der Waals surface area contributed by atoms with Gasteiger partial charge in [-0.25, -0.2) is 18.9 Å². The first-order chi connectivity index (χ1) is 14.6. The minimum absolute atomic E-state index is 0.165. The molecule has 0 atom stereocenters. The van der Waals surface area contributed by atoms with Crippen molar-refractivity contribution in [3.63, 3.8) is 0 Å². The van der Waals surface area contributed by atoms with Crippen LogP contribution in [-0.2, 0) is 24.2 Å². The third-order valence-electron chi connectivity index (χ3n) is 5.28. The third kappa shape index (κ3) is 3.24. The molecule has 0 saturated carbocycles. The van der Waals surface area contributed by atoms with E-state index in [-0.39, 0.29) is 18.1 Å². The van der Waals surface area contributed by atoms with Crippen molar-refractivity contribution in [1.82, 2.24) is 19.2 Å². The number of benzene rings is 1. The summed E-state index contributed by atoms with van der Waals surface area (Å²) < 4.78 is 8.04. The van der Waals surface area contributed by atoms with Crippen molar-refractivity contribution in [2.75, 3.05) is 11.9 Å². The summed E-state index contributed by atoms with van der Waals surface area (Å²) >= 11 is 1.68. The van der Waals surface area contributed by atoms with E-state index in [0.29, 0.717) is 17.9 Å². The van der Waals surface area contributed by atoms with Crippen LogP contribution in [0.3, 0.4) is 0 Å². The van der Waals surface area contributed by atoms with Gasteiger partial charge in [0.2, 0.25) is 5.91 Å². The van der Waals surface area contributed by atoms with Crippen molar-refractivity contribution < 1.29 is 9.53 Å². The van der Waals surface area contributed by atoms with Crippen molar-refractivity contribution in [3.05, 3.63) is 51.5 Å². The minimum atomic E-state index is -0.364. The lowest BCUT2D eigenvalue weighted by molar-refractivity contribution is -0.117. The molecule has 3 aromatic heterocycles. The average Bonchev–Trinajstić information content (AvgIpc) is 3.27. The molecule has 1 amide bonds. The molecule has 3 heterocycles. The molecule has 4 aromatic rings. The maximum Gasteiger partial charge on any atom is 0.352 e. The number of fused-ring (bicyclic) bond motifs is 5. The number of anilines is 1. The van der Waals surface area contributed by atoms with Crippen LogP contribution in [0, 0.1) is 0 Å². The molecule has 1 N–H and O–H groups in total. The summed E-state index contributed by atoms with van der Waals surface area (Å²) in [5.74, 6) is 0.420. The molecule has 0 saturated heterocycles. The Balaban J connectivity index is 1.43. The Morgan fingerprint density at radius 2 is 2.03 bits per heavy atom. The highest BCUT2D eigenvalue weighted by atomic mass is 32.1. The second-order valence-corrected chi connectivity index (χ2v) is 8.36. The molecule has 1 aromatic carbocycles. The molecule has 0 spiro atoms. The van der Waals surface area contributed by atoms with Gasteiger partial charge >= 0.3 is 5.69 Å². The molecule has 30 heavy (non-hydrogen) atoms. The average molecular weight is 423 g/mol. The van der Waals surface area contributed by atoms with Gasteiger partial charge in [-0.15, -0.1) is 16.4 Å². The zero-order chi connectivity index (χ0) is 20.7. The lowest BCUT2D eigenvalue weighted by Crippen LogP contribution is -2.28. The van der Waals surface area contributed by atoms with E-state index in [1.54, 1.807) is 35.6 Å². The van der Waals surface area contributed by atoms with Crippen LogP contribution in [0.2, 0.25) is 0 Å². The molecule has 9 heteroatoms. The number of nitrogens with one attached hydrogen (secondary N) is 1. The van der Waals surface area contributed by atoms with E-state index in [1.165, 1.54) is 32.3 Å². The number of ether oxygens (including phenoxy) is 1. The Morgan fingerprint density at radius 1 is 1.23 bits per heavy atom. The van der Waals surface area contributed by atoms with Crippen LogP contribution in [0.25, 0.3) is 15.9 Å². The highest BCUT2D eigenvalue weighted by Crippen LogP contribution is 2.36. The number of thiophene rings is 1. The number of nitrogens with zero attached hydrogens (tertiary/aromatic N) is 4. The van der Waals surface area contributed by atoms with Gasteiger partial charge in [-0.3, -0.25) is 4.79 Å². The predicted molar refractivity (Wildman–Crippen MR) is 116 cm³/mol. The summed E-state index contributed by atoms with van der Waals surface area (Å²) in [6, 6.07) is 7.11. The van der Waals surface area contributed by atoms with Gasteiger partial charge in [-0.2, -0.15) is 0 Å². The Labute approximate surface area is 176 Å². The highest BCUT2D eigenvalue weighted by molar-refractivity contribution is 7.19. The summed E-state index contributed by atoms with van der Waals surface area (Å²) in [5, 5.41) is 8.25. The smallest absolute Gasteiger partial charge is 0.352 e. The summed E-state index contributed by atoms with van der Waals surface area (Å²) in [6.45, 7) is 2.33. The molecule has 154 valence electrons. The van der Waals surface area contributed by atoms with Crippen molar-refractivity contribution in [3.8, 4) is 5.75 Å².